The average molecular weight is 488 g/mol. The van der Waals surface area contributed by atoms with Crippen molar-refractivity contribution in [3.63, 3.8) is 0 Å². The highest BCUT2D eigenvalue weighted by molar-refractivity contribution is 5.92. The zero-order valence-corrected chi connectivity index (χ0v) is 20.7. The Labute approximate surface area is 209 Å². The summed E-state index contributed by atoms with van der Waals surface area (Å²) in [6.45, 7) is 5.59. The number of nitrogen functional groups attached to an aromatic ring is 1. The molecule has 0 fully saturated rings. The molecular weight excluding hydrogens is 458 g/mol. The summed E-state index contributed by atoms with van der Waals surface area (Å²) < 4.78 is 12.5. The number of anilines is 3. The number of aromatic nitrogens is 2. The minimum Gasteiger partial charge on any atom is -0.444 e. The molecule has 0 saturated carbocycles. The highest BCUT2D eigenvalue weighted by Gasteiger charge is 2.18. The van der Waals surface area contributed by atoms with E-state index in [9.17, 15) is 9.59 Å². The summed E-state index contributed by atoms with van der Waals surface area (Å²) in [5, 5.41) is 2.73. The molecule has 9 heteroatoms. The first-order valence-electron chi connectivity index (χ1n) is 11.4. The van der Waals surface area contributed by atoms with Crippen molar-refractivity contribution in [1.82, 2.24) is 9.55 Å². The van der Waals surface area contributed by atoms with E-state index in [1.165, 1.54) is 4.90 Å². The fourth-order valence-corrected chi connectivity index (χ4v) is 3.63. The lowest BCUT2D eigenvalue weighted by Gasteiger charge is -2.20. The summed E-state index contributed by atoms with van der Waals surface area (Å²) in [6.07, 6.45) is -1.03. The van der Waals surface area contributed by atoms with E-state index in [1.54, 1.807) is 62.7 Å². The summed E-state index contributed by atoms with van der Waals surface area (Å²) in [5.41, 5.74) is 9.80. The minimum atomic E-state index is -0.606. The Balaban J connectivity index is 1.53. The fourth-order valence-electron chi connectivity index (χ4n) is 3.63. The summed E-state index contributed by atoms with van der Waals surface area (Å²) in [4.78, 5) is 30.6. The van der Waals surface area contributed by atoms with Crippen LogP contribution in [-0.4, -0.2) is 34.4 Å². The lowest BCUT2D eigenvalue weighted by molar-refractivity contribution is 0.0636. The molecule has 4 aromatic rings. The molecule has 4 rings (SSSR count). The molecule has 1 heterocycles. The molecule has 0 saturated heterocycles. The third-order valence-corrected chi connectivity index (χ3v) is 5.28. The van der Waals surface area contributed by atoms with Gasteiger partial charge in [0.25, 0.3) is 0 Å². The van der Waals surface area contributed by atoms with Gasteiger partial charge in [0.05, 0.1) is 16.7 Å². The second-order valence-corrected chi connectivity index (χ2v) is 9.25. The maximum atomic E-state index is 12.6. The summed E-state index contributed by atoms with van der Waals surface area (Å²) in [7, 11) is 1.64. The van der Waals surface area contributed by atoms with Gasteiger partial charge in [-0.1, -0.05) is 36.4 Å². The topological polar surface area (TPSA) is 112 Å². The Kier molecular flexibility index (Phi) is 6.82. The first kappa shape index (κ1) is 24.6. The van der Waals surface area contributed by atoms with Crippen molar-refractivity contribution in [1.29, 1.82) is 0 Å². The molecule has 0 radical (unpaired) electrons. The van der Waals surface area contributed by atoms with E-state index in [0.29, 0.717) is 22.6 Å². The third-order valence-electron chi connectivity index (χ3n) is 5.28. The molecule has 36 heavy (non-hydrogen) atoms. The smallest absolute Gasteiger partial charge is 0.414 e. The number of nitrogens with one attached hydrogen (secondary N) is 1. The number of fused-ring (bicyclic) bond motifs is 1. The standard InChI is InChI=1S/C27H29N5O4/c1-27(2,3)36-25(33)29-19-11-8-12-21(15-19)32-23-14-13-20(16-22(23)30-24(32)28)31(4)26(34)35-17-18-9-6-5-7-10-18/h5-16H,17H2,1-4H3,(H2,28,30)(H,29,33). The molecule has 186 valence electrons. The van der Waals surface area contributed by atoms with Gasteiger partial charge >= 0.3 is 12.2 Å². The van der Waals surface area contributed by atoms with Gasteiger partial charge in [-0.2, -0.15) is 0 Å². The van der Waals surface area contributed by atoms with Crippen LogP contribution in [0.25, 0.3) is 16.7 Å². The Morgan fingerprint density at radius 1 is 1.03 bits per heavy atom. The van der Waals surface area contributed by atoms with Crippen LogP contribution in [0.15, 0.2) is 72.8 Å². The van der Waals surface area contributed by atoms with Gasteiger partial charge in [-0.15, -0.1) is 0 Å². The molecule has 0 unspecified atom stereocenters. The molecule has 3 N–H and O–H groups in total. The number of rotatable bonds is 5. The Hall–Kier alpha value is -4.53. The molecule has 0 atom stereocenters. The maximum Gasteiger partial charge on any atom is 0.414 e. The van der Waals surface area contributed by atoms with Crippen molar-refractivity contribution in [2.24, 2.45) is 0 Å². The molecule has 0 aliphatic carbocycles. The van der Waals surface area contributed by atoms with Gasteiger partial charge in [-0.25, -0.2) is 14.6 Å². The second-order valence-electron chi connectivity index (χ2n) is 9.25. The van der Waals surface area contributed by atoms with Gasteiger partial charge in [0.15, 0.2) is 0 Å². The van der Waals surface area contributed by atoms with Crippen molar-refractivity contribution in [2.75, 3.05) is 23.0 Å². The number of imidazole rings is 1. The minimum absolute atomic E-state index is 0.182. The molecule has 0 bridgehead atoms. The van der Waals surface area contributed by atoms with Crippen LogP contribution >= 0.6 is 0 Å². The highest BCUT2D eigenvalue weighted by atomic mass is 16.6. The number of amides is 2. The number of carbonyl (C=O) groups excluding carboxylic acids is 2. The van der Waals surface area contributed by atoms with Crippen molar-refractivity contribution in [2.45, 2.75) is 33.0 Å². The average Bonchev–Trinajstić information content (AvgIpc) is 3.16. The number of hydrogen-bond donors (Lipinski definition) is 2. The van der Waals surface area contributed by atoms with Crippen LogP contribution in [-0.2, 0) is 16.1 Å². The van der Waals surface area contributed by atoms with Crippen molar-refractivity contribution >= 4 is 40.5 Å². The molecular formula is C27H29N5O4. The lowest BCUT2D eigenvalue weighted by Crippen LogP contribution is -2.27. The lowest BCUT2D eigenvalue weighted by atomic mass is 10.2. The number of ether oxygens (including phenoxy) is 2. The van der Waals surface area contributed by atoms with Gasteiger partial charge in [-0.3, -0.25) is 14.8 Å². The van der Waals surface area contributed by atoms with E-state index in [-0.39, 0.29) is 12.6 Å². The van der Waals surface area contributed by atoms with Gasteiger partial charge in [0, 0.05) is 18.4 Å². The van der Waals surface area contributed by atoms with Gasteiger partial charge in [-0.05, 0) is 62.7 Å². The van der Waals surface area contributed by atoms with E-state index >= 15 is 0 Å². The quantitative estimate of drug-likeness (QED) is 0.372. The predicted octanol–water partition coefficient (Wildman–Crippen LogP) is 5.73. The Morgan fingerprint density at radius 3 is 2.50 bits per heavy atom. The zero-order chi connectivity index (χ0) is 25.9. The molecule has 3 aromatic carbocycles. The largest absolute Gasteiger partial charge is 0.444 e. The molecule has 2 amide bonds. The van der Waals surface area contributed by atoms with Crippen LogP contribution in [0.1, 0.15) is 26.3 Å². The monoisotopic (exact) mass is 487 g/mol. The summed E-state index contributed by atoms with van der Waals surface area (Å²) >= 11 is 0. The van der Waals surface area contributed by atoms with E-state index in [2.05, 4.69) is 10.3 Å². The van der Waals surface area contributed by atoms with E-state index in [4.69, 9.17) is 15.2 Å². The number of nitrogens with zero attached hydrogens (tertiary/aromatic N) is 3. The van der Waals surface area contributed by atoms with Crippen molar-refractivity contribution < 1.29 is 19.1 Å². The predicted molar refractivity (Wildman–Crippen MR) is 140 cm³/mol. The van der Waals surface area contributed by atoms with Gasteiger partial charge < -0.3 is 15.2 Å². The molecule has 0 spiro atoms. The zero-order valence-electron chi connectivity index (χ0n) is 20.7. The first-order valence-corrected chi connectivity index (χ1v) is 11.4. The van der Waals surface area contributed by atoms with Gasteiger partial charge in [0.2, 0.25) is 5.95 Å². The fraction of sp³-hybridized carbons (Fsp3) is 0.222. The SMILES string of the molecule is CN(C(=O)OCc1ccccc1)c1ccc2c(c1)nc(N)n2-c1cccc(NC(=O)OC(C)(C)C)c1. The Bertz CT molecular complexity index is 1390. The van der Waals surface area contributed by atoms with E-state index < -0.39 is 17.8 Å². The molecule has 0 aliphatic rings. The van der Waals surface area contributed by atoms with Gasteiger partial charge in [0.1, 0.15) is 12.2 Å². The van der Waals surface area contributed by atoms with Crippen LogP contribution in [0.2, 0.25) is 0 Å². The van der Waals surface area contributed by atoms with Crippen LogP contribution in [0.5, 0.6) is 0 Å². The maximum absolute atomic E-state index is 12.6. The summed E-state index contributed by atoms with van der Waals surface area (Å²) in [6, 6.07) is 22.1. The second kappa shape index (κ2) is 9.99. The third kappa shape index (κ3) is 5.75. The van der Waals surface area contributed by atoms with Crippen LogP contribution < -0.4 is 16.0 Å². The highest BCUT2D eigenvalue weighted by Crippen LogP contribution is 2.28. The Morgan fingerprint density at radius 2 is 1.78 bits per heavy atom. The number of nitrogens with two attached hydrogens (primary N) is 1. The van der Waals surface area contributed by atoms with Crippen LogP contribution in [0.3, 0.4) is 0 Å². The normalized spacial score (nSPS) is 11.2. The van der Waals surface area contributed by atoms with E-state index in [0.717, 1.165) is 11.1 Å². The van der Waals surface area contributed by atoms with E-state index in [1.807, 2.05) is 42.5 Å². The molecule has 9 nitrogen and oxygen atoms in total. The van der Waals surface area contributed by atoms with Crippen molar-refractivity contribution in [3.05, 3.63) is 78.4 Å². The summed E-state index contributed by atoms with van der Waals surface area (Å²) in [5.74, 6) is 0.269. The van der Waals surface area contributed by atoms with Crippen LogP contribution in [0.4, 0.5) is 26.9 Å². The van der Waals surface area contributed by atoms with Crippen molar-refractivity contribution in [3.8, 4) is 5.69 Å². The number of hydrogen-bond acceptors (Lipinski definition) is 6. The first-order chi connectivity index (χ1) is 17.1. The number of benzene rings is 3. The van der Waals surface area contributed by atoms with Crippen LogP contribution in [0, 0.1) is 0 Å². The molecule has 1 aromatic heterocycles. The number of carbonyl (C=O) groups is 2. The molecule has 0 aliphatic heterocycles.